The number of carbonyl (C=O) groups excluding carboxylic acids is 4. The van der Waals surface area contributed by atoms with Crippen LogP contribution in [0.3, 0.4) is 0 Å². The molecule has 0 saturated heterocycles. The number of nitrogens with two attached hydrogens (primary N) is 1. The van der Waals surface area contributed by atoms with Gasteiger partial charge in [-0.2, -0.15) is 0 Å². The summed E-state index contributed by atoms with van der Waals surface area (Å²) in [5.41, 5.74) is 7.05. The smallest absolute Gasteiger partial charge is 0.411 e. The molecule has 10 nitrogen and oxygen atoms in total. The highest BCUT2D eigenvalue weighted by Gasteiger charge is 2.40. The monoisotopic (exact) mass is 444 g/mol. The molecule has 172 valence electrons. The normalized spacial score (nSPS) is 16.8. The standard InChI is InChI=1S/C22H28N4O6/c1-22(2,3)32-21(30)26-11-16-13(12-7-5-6-8-14(12)24-16)9-17(26)19(28)25-15(10-18(23)27)20(29)31-4/h5-8,15,17,24H,9-11H2,1-4H3,(H2,23,27)(H,25,28)/t15-,17-/m0/s1. The number of H-pyrrole nitrogens is 1. The molecule has 2 heterocycles. The van der Waals surface area contributed by atoms with Crippen LogP contribution in [-0.4, -0.2) is 58.6 Å². The van der Waals surface area contributed by atoms with Crippen molar-refractivity contribution in [2.75, 3.05) is 7.11 Å². The minimum absolute atomic E-state index is 0.121. The van der Waals surface area contributed by atoms with Crippen molar-refractivity contribution in [2.24, 2.45) is 5.73 Å². The lowest BCUT2D eigenvalue weighted by atomic mass is 9.96. The Hall–Kier alpha value is -3.56. The van der Waals surface area contributed by atoms with Crippen LogP contribution in [0.5, 0.6) is 0 Å². The summed E-state index contributed by atoms with van der Waals surface area (Å²) in [6.45, 7) is 5.32. The predicted molar refractivity (Wildman–Crippen MR) is 115 cm³/mol. The fraction of sp³-hybridized carbons (Fsp3) is 0.455. The number of nitrogens with one attached hydrogen (secondary N) is 2. The molecule has 2 aromatic rings. The van der Waals surface area contributed by atoms with Crippen LogP contribution in [0.15, 0.2) is 24.3 Å². The molecule has 3 rings (SSSR count). The summed E-state index contributed by atoms with van der Waals surface area (Å²) < 4.78 is 10.2. The highest BCUT2D eigenvalue weighted by molar-refractivity contribution is 5.94. The first kappa shape index (κ1) is 23.1. The zero-order valence-electron chi connectivity index (χ0n) is 18.6. The van der Waals surface area contributed by atoms with Gasteiger partial charge in [0.2, 0.25) is 11.8 Å². The topological polar surface area (TPSA) is 144 Å². The van der Waals surface area contributed by atoms with E-state index >= 15 is 0 Å². The van der Waals surface area contributed by atoms with Gasteiger partial charge in [-0.1, -0.05) is 18.2 Å². The van der Waals surface area contributed by atoms with Crippen molar-refractivity contribution >= 4 is 34.8 Å². The number of aromatic nitrogens is 1. The summed E-state index contributed by atoms with van der Waals surface area (Å²) in [6, 6.07) is 5.43. The number of nitrogens with zero attached hydrogens (tertiary/aromatic N) is 1. The molecule has 0 bridgehead atoms. The van der Waals surface area contributed by atoms with Gasteiger partial charge in [0, 0.05) is 23.0 Å². The third kappa shape index (κ3) is 5.01. The zero-order chi connectivity index (χ0) is 23.6. The SMILES string of the molecule is COC(=O)[C@H](CC(N)=O)NC(=O)[C@@H]1Cc2c([nH]c3ccccc23)CN1C(=O)OC(C)(C)C. The Balaban J connectivity index is 1.94. The summed E-state index contributed by atoms with van der Waals surface area (Å²) in [6.07, 6.45) is -0.878. The zero-order valence-corrected chi connectivity index (χ0v) is 18.6. The fourth-order valence-corrected chi connectivity index (χ4v) is 3.76. The van der Waals surface area contributed by atoms with Gasteiger partial charge in [0.05, 0.1) is 20.1 Å². The average Bonchev–Trinajstić information content (AvgIpc) is 3.07. The second-order valence-electron chi connectivity index (χ2n) is 8.71. The Morgan fingerprint density at radius 1 is 1.25 bits per heavy atom. The van der Waals surface area contributed by atoms with Gasteiger partial charge < -0.3 is 25.5 Å². The van der Waals surface area contributed by atoms with E-state index in [1.54, 1.807) is 20.8 Å². The average molecular weight is 444 g/mol. The summed E-state index contributed by atoms with van der Waals surface area (Å²) in [5.74, 6) is -2.18. The number of rotatable bonds is 5. The Kier molecular flexibility index (Phi) is 6.42. The molecule has 2 atom stereocenters. The van der Waals surface area contributed by atoms with E-state index in [0.717, 1.165) is 29.3 Å². The van der Waals surface area contributed by atoms with Crippen LogP contribution in [0.2, 0.25) is 0 Å². The van der Waals surface area contributed by atoms with Crippen LogP contribution in [0, 0.1) is 0 Å². The predicted octanol–water partition coefficient (Wildman–Crippen LogP) is 1.36. The van der Waals surface area contributed by atoms with Crippen molar-refractivity contribution in [3.63, 3.8) is 0 Å². The van der Waals surface area contributed by atoms with Crippen LogP contribution in [0.4, 0.5) is 4.79 Å². The van der Waals surface area contributed by atoms with Gasteiger partial charge >= 0.3 is 12.1 Å². The Morgan fingerprint density at radius 3 is 2.56 bits per heavy atom. The molecule has 32 heavy (non-hydrogen) atoms. The number of esters is 1. The highest BCUT2D eigenvalue weighted by Crippen LogP contribution is 2.31. The minimum atomic E-state index is -1.25. The van der Waals surface area contributed by atoms with Crippen LogP contribution in [-0.2, 0) is 36.8 Å². The Bertz CT molecular complexity index is 1050. The van der Waals surface area contributed by atoms with E-state index in [4.69, 9.17) is 10.5 Å². The highest BCUT2D eigenvalue weighted by atomic mass is 16.6. The van der Waals surface area contributed by atoms with E-state index in [1.165, 1.54) is 4.90 Å². The first-order valence-electron chi connectivity index (χ1n) is 10.2. The van der Waals surface area contributed by atoms with Crippen LogP contribution >= 0.6 is 0 Å². The number of methoxy groups -OCH3 is 1. The van der Waals surface area contributed by atoms with Crippen molar-refractivity contribution < 1.29 is 28.7 Å². The van der Waals surface area contributed by atoms with E-state index in [0.29, 0.717) is 0 Å². The number of hydrogen-bond acceptors (Lipinski definition) is 6. The van der Waals surface area contributed by atoms with Crippen molar-refractivity contribution in [3.05, 3.63) is 35.5 Å². The van der Waals surface area contributed by atoms with Gasteiger partial charge in [-0.25, -0.2) is 9.59 Å². The number of ether oxygens (including phenoxy) is 2. The molecule has 0 spiro atoms. The summed E-state index contributed by atoms with van der Waals surface area (Å²) >= 11 is 0. The maximum atomic E-state index is 13.2. The minimum Gasteiger partial charge on any atom is -0.467 e. The van der Waals surface area contributed by atoms with Gasteiger partial charge in [-0.15, -0.1) is 0 Å². The number of carbonyl (C=O) groups is 4. The Morgan fingerprint density at radius 2 is 1.94 bits per heavy atom. The molecular formula is C22H28N4O6. The van der Waals surface area contributed by atoms with E-state index in [1.807, 2.05) is 24.3 Å². The molecular weight excluding hydrogens is 416 g/mol. The maximum absolute atomic E-state index is 13.2. The lowest BCUT2D eigenvalue weighted by Gasteiger charge is -2.36. The molecule has 1 aliphatic heterocycles. The van der Waals surface area contributed by atoms with E-state index in [2.05, 4.69) is 15.0 Å². The third-order valence-corrected chi connectivity index (χ3v) is 5.14. The lowest BCUT2D eigenvalue weighted by molar-refractivity contribution is -0.147. The number of para-hydroxylation sites is 1. The van der Waals surface area contributed by atoms with Crippen LogP contribution in [0.25, 0.3) is 10.9 Å². The quantitative estimate of drug-likeness (QED) is 0.594. The summed E-state index contributed by atoms with van der Waals surface area (Å²) in [7, 11) is 1.15. The number of fused-ring (bicyclic) bond motifs is 3. The molecule has 0 fully saturated rings. The third-order valence-electron chi connectivity index (χ3n) is 5.14. The molecule has 1 aromatic carbocycles. The molecule has 3 amide bonds. The molecule has 1 aliphatic rings. The first-order chi connectivity index (χ1) is 15.0. The number of amides is 3. The Labute approximate surface area is 185 Å². The van der Waals surface area contributed by atoms with Gasteiger partial charge in [-0.3, -0.25) is 14.5 Å². The number of aromatic amines is 1. The van der Waals surface area contributed by atoms with E-state index < -0.39 is 48.0 Å². The van der Waals surface area contributed by atoms with Crippen molar-refractivity contribution in [2.45, 2.75) is 57.8 Å². The molecule has 4 N–H and O–H groups in total. The van der Waals surface area contributed by atoms with Crippen molar-refractivity contribution in [1.82, 2.24) is 15.2 Å². The van der Waals surface area contributed by atoms with Gasteiger partial charge in [0.1, 0.15) is 17.7 Å². The van der Waals surface area contributed by atoms with Crippen molar-refractivity contribution in [1.29, 1.82) is 0 Å². The molecule has 0 saturated carbocycles. The molecule has 10 heteroatoms. The second-order valence-corrected chi connectivity index (χ2v) is 8.71. The maximum Gasteiger partial charge on any atom is 0.411 e. The molecule has 0 aliphatic carbocycles. The largest absolute Gasteiger partial charge is 0.467 e. The van der Waals surface area contributed by atoms with E-state index in [9.17, 15) is 19.2 Å². The second kappa shape index (κ2) is 8.89. The number of primary amides is 1. The fourth-order valence-electron chi connectivity index (χ4n) is 3.76. The van der Waals surface area contributed by atoms with Gasteiger partial charge in [-0.05, 0) is 32.4 Å². The lowest BCUT2D eigenvalue weighted by Crippen LogP contribution is -2.56. The van der Waals surface area contributed by atoms with Crippen molar-refractivity contribution in [3.8, 4) is 0 Å². The first-order valence-corrected chi connectivity index (χ1v) is 10.2. The molecule has 0 unspecified atom stereocenters. The summed E-state index contributed by atoms with van der Waals surface area (Å²) in [4.78, 5) is 54.2. The van der Waals surface area contributed by atoms with Crippen LogP contribution in [0.1, 0.15) is 38.4 Å². The number of benzene rings is 1. The molecule has 1 aromatic heterocycles. The molecule has 0 radical (unpaired) electrons. The number of hydrogen-bond donors (Lipinski definition) is 3. The van der Waals surface area contributed by atoms with E-state index in [-0.39, 0.29) is 13.0 Å². The summed E-state index contributed by atoms with van der Waals surface area (Å²) in [5, 5.41) is 3.46. The van der Waals surface area contributed by atoms with Gasteiger partial charge in [0.25, 0.3) is 0 Å². The van der Waals surface area contributed by atoms with Gasteiger partial charge in [0.15, 0.2) is 0 Å². The van der Waals surface area contributed by atoms with Crippen LogP contribution < -0.4 is 11.1 Å².